The van der Waals surface area contributed by atoms with Gasteiger partial charge in [-0.15, -0.1) is 0 Å². The Labute approximate surface area is 323 Å². The topological polar surface area (TPSA) is 8.17 Å². The summed E-state index contributed by atoms with van der Waals surface area (Å²) < 4.78 is 2.49. The zero-order chi connectivity index (χ0) is 37.1. The van der Waals surface area contributed by atoms with E-state index in [0.29, 0.717) is 0 Å². The summed E-state index contributed by atoms with van der Waals surface area (Å²) in [5.74, 6) is 0. The maximum Gasteiger partial charge on any atom is 0.0571 e. The van der Waals surface area contributed by atoms with Crippen LogP contribution in [-0.2, 0) is 12.0 Å². The second-order valence-electron chi connectivity index (χ2n) is 15.2. The number of hydrogen-bond acceptors (Lipinski definition) is 1. The first-order valence-electron chi connectivity index (χ1n) is 19.4. The zero-order valence-electron chi connectivity index (χ0n) is 31.5. The van der Waals surface area contributed by atoms with Gasteiger partial charge in [-0.1, -0.05) is 159 Å². The number of benzene rings is 8. The van der Waals surface area contributed by atoms with Crippen LogP contribution in [0.4, 0.5) is 17.1 Å². The average Bonchev–Trinajstić information content (AvgIpc) is 3.71. The Morgan fingerprint density at radius 1 is 0.473 bits per heavy atom. The van der Waals surface area contributed by atoms with Crippen molar-refractivity contribution in [2.24, 2.45) is 0 Å². The number of aromatic nitrogens is 1. The molecule has 0 spiro atoms. The van der Waals surface area contributed by atoms with Gasteiger partial charge in [-0.3, -0.25) is 0 Å². The third-order valence-corrected chi connectivity index (χ3v) is 11.8. The van der Waals surface area contributed by atoms with Gasteiger partial charge in [0.15, 0.2) is 0 Å². The van der Waals surface area contributed by atoms with Gasteiger partial charge in [-0.25, -0.2) is 0 Å². The molecule has 2 nitrogen and oxygen atoms in total. The van der Waals surface area contributed by atoms with Crippen LogP contribution < -0.4 is 4.90 Å². The van der Waals surface area contributed by atoms with Gasteiger partial charge in [0.25, 0.3) is 0 Å². The van der Waals surface area contributed by atoms with Crippen LogP contribution in [0.1, 0.15) is 31.9 Å². The van der Waals surface area contributed by atoms with Crippen LogP contribution >= 0.6 is 0 Å². The molecule has 0 saturated carbocycles. The third kappa shape index (κ3) is 5.32. The SMILES string of the molecule is CCn1c(-c2ccccc2)c(-c2ccc(N(c3ccc(-c4ccccc4)cc3)c3ccc4c(c3)C(C)(C)c3ccccc3-4)cc2)c2c3ccccc3ccc21. The van der Waals surface area contributed by atoms with Gasteiger partial charge >= 0.3 is 0 Å². The molecule has 2 heteroatoms. The predicted molar refractivity (Wildman–Crippen MR) is 234 cm³/mol. The van der Waals surface area contributed by atoms with Crippen LogP contribution in [0.5, 0.6) is 0 Å². The van der Waals surface area contributed by atoms with E-state index in [1.54, 1.807) is 0 Å². The van der Waals surface area contributed by atoms with Crippen molar-refractivity contribution < 1.29 is 0 Å². The highest BCUT2D eigenvalue weighted by molar-refractivity contribution is 6.17. The Bertz CT molecular complexity index is 2840. The monoisotopic (exact) mass is 706 g/mol. The van der Waals surface area contributed by atoms with E-state index in [1.807, 2.05) is 0 Å². The molecule has 0 N–H and O–H groups in total. The summed E-state index contributed by atoms with van der Waals surface area (Å²) in [5.41, 5.74) is 17.4. The summed E-state index contributed by atoms with van der Waals surface area (Å²) in [6, 6.07) is 69.1. The highest BCUT2D eigenvalue weighted by Crippen LogP contribution is 2.51. The van der Waals surface area contributed by atoms with Gasteiger partial charge in [0.1, 0.15) is 0 Å². The summed E-state index contributed by atoms with van der Waals surface area (Å²) in [6.07, 6.45) is 0. The van der Waals surface area contributed by atoms with Crippen LogP contribution in [0.15, 0.2) is 188 Å². The van der Waals surface area contributed by atoms with E-state index in [1.165, 1.54) is 77.4 Å². The molecule has 1 aliphatic carbocycles. The molecule has 9 aromatic rings. The second-order valence-corrected chi connectivity index (χ2v) is 15.2. The summed E-state index contributed by atoms with van der Waals surface area (Å²) >= 11 is 0. The van der Waals surface area contributed by atoms with Crippen molar-refractivity contribution in [2.45, 2.75) is 32.7 Å². The molecule has 0 saturated heterocycles. The van der Waals surface area contributed by atoms with E-state index in [-0.39, 0.29) is 5.41 Å². The summed E-state index contributed by atoms with van der Waals surface area (Å²) in [7, 11) is 0. The summed E-state index contributed by atoms with van der Waals surface area (Å²) in [5, 5.41) is 3.85. The standard InChI is InChI=1S/C53H42N2/c1-4-54-49-34-27-38-17-11-12-20-44(38)51(49)50(52(54)40-18-9-6-10-19-40)39-25-30-42(31-26-39)55(41-28-23-37(24-29-41)36-15-7-5-8-16-36)43-32-33-46-45-21-13-14-22-47(45)53(2,3)48(46)35-43/h5-35H,4H2,1-3H3. The van der Waals surface area contributed by atoms with Crippen LogP contribution in [0, 0.1) is 0 Å². The van der Waals surface area contributed by atoms with Crippen molar-refractivity contribution in [3.63, 3.8) is 0 Å². The first-order valence-corrected chi connectivity index (χ1v) is 19.4. The first kappa shape index (κ1) is 33.0. The van der Waals surface area contributed by atoms with Crippen molar-refractivity contribution in [3.8, 4) is 44.6 Å². The number of hydrogen-bond donors (Lipinski definition) is 0. The molecular formula is C53H42N2. The van der Waals surface area contributed by atoms with Crippen molar-refractivity contribution in [1.82, 2.24) is 4.57 Å². The minimum absolute atomic E-state index is 0.0985. The number of anilines is 3. The number of nitrogens with zero attached hydrogens (tertiary/aromatic N) is 2. The van der Waals surface area contributed by atoms with E-state index in [0.717, 1.165) is 23.6 Å². The van der Waals surface area contributed by atoms with Gasteiger partial charge < -0.3 is 9.47 Å². The van der Waals surface area contributed by atoms with Crippen LogP contribution in [0.25, 0.3) is 66.3 Å². The maximum absolute atomic E-state index is 2.49. The normalized spacial score (nSPS) is 12.9. The Morgan fingerprint density at radius 3 is 1.75 bits per heavy atom. The van der Waals surface area contributed by atoms with Crippen LogP contribution in [0.3, 0.4) is 0 Å². The molecule has 0 amide bonds. The Morgan fingerprint density at radius 2 is 1.04 bits per heavy atom. The Kier molecular flexibility index (Phi) is 7.81. The molecule has 264 valence electrons. The van der Waals surface area contributed by atoms with Crippen molar-refractivity contribution in [3.05, 3.63) is 199 Å². The Hall–Kier alpha value is -6.64. The lowest BCUT2D eigenvalue weighted by molar-refractivity contribution is 0.660. The maximum atomic E-state index is 2.49. The molecule has 0 fully saturated rings. The minimum Gasteiger partial charge on any atom is -0.340 e. The smallest absolute Gasteiger partial charge is 0.0571 e. The largest absolute Gasteiger partial charge is 0.340 e. The van der Waals surface area contributed by atoms with Gasteiger partial charge in [0.05, 0.1) is 5.69 Å². The molecule has 0 unspecified atom stereocenters. The second kappa shape index (κ2) is 13.0. The number of fused-ring (bicyclic) bond motifs is 6. The molecular weight excluding hydrogens is 665 g/mol. The minimum atomic E-state index is -0.0985. The molecule has 0 radical (unpaired) electrons. The molecule has 0 aliphatic heterocycles. The number of rotatable bonds is 7. The highest BCUT2D eigenvalue weighted by Gasteiger charge is 2.35. The quantitative estimate of drug-likeness (QED) is 0.160. The fourth-order valence-corrected chi connectivity index (χ4v) is 9.12. The molecule has 0 atom stereocenters. The third-order valence-electron chi connectivity index (χ3n) is 11.8. The summed E-state index contributed by atoms with van der Waals surface area (Å²) in [6.45, 7) is 7.85. The predicted octanol–water partition coefficient (Wildman–Crippen LogP) is 14.6. The fourth-order valence-electron chi connectivity index (χ4n) is 9.12. The Balaban J connectivity index is 1.15. The molecule has 1 aromatic heterocycles. The molecule has 10 rings (SSSR count). The van der Waals surface area contributed by atoms with Gasteiger partial charge in [0.2, 0.25) is 0 Å². The van der Waals surface area contributed by atoms with Crippen molar-refractivity contribution in [1.29, 1.82) is 0 Å². The summed E-state index contributed by atoms with van der Waals surface area (Å²) in [4.78, 5) is 2.42. The fraction of sp³-hybridized carbons (Fsp3) is 0.0943. The lowest BCUT2D eigenvalue weighted by Crippen LogP contribution is -2.16. The van der Waals surface area contributed by atoms with Gasteiger partial charge in [-0.2, -0.15) is 0 Å². The van der Waals surface area contributed by atoms with E-state index >= 15 is 0 Å². The van der Waals surface area contributed by atoms with Crippen molar-refractivity contribution >= 4 is 38.7 Å². The van der Waals surface area contributed by atoms with E-state index < -0.39 is 0 Å². The average molecular weight is 707 g/mol. The zero-order valence-corrected chi connectivity index (χ0v) is 31.5. The van der Waals surface area contributed by atoms with Crippen molar-refractivity contribution in [2.75, 3.05) is 4.90 Å². The number of aryl methyl sites for hydroxylation is 1. The van der Waals surface area contributed by atoms with Gasteiger partial charge in [0, 0.05) is 45.5 Å². The van der Waals surface area contributed by atoms with Gasteiger partial charge in [-0.05, 0) is 105 Å². The molecule has 0 bridgehead atoms. The van der Waals surface area contributed by atoms with Crippen LogP contribution in [-0.4, -0.2) is 4.57 Å². The molecule has 8 aromatic carbocycles. The van der Waals surface area contributed by atoms with E-state index in [9.17, 15) is 0 Å². The lowest BCUT2D eigenvalue weighted by Gasteiger charge is -2.28. The van der Waals surface area contributed by atoms with Crippen LogP contribution in [0.2, 0.25) is 0 Å². The molecule has 55 heavy (non-hydrogen) atoms. The first-order chi connectivity index (χ1) is 27.0. The lowest BCUT2D eigenvalue weighted by atomic mass is 9.82. The van der Waals surface area contributed by atoms with E-state index in [4.69, 9.17) is 0 Å². The molecule has 1 aliphatic rings. The molecule has 1 heterocycles. The van der Waals surface area contributed by atoms with E-state index in [2.05, 4.69) is 218 Å². The highest BCUT2D eigenvalue weighted by atomic mass is 15.1.